The first-order valence-corrected chi connectivity index (χ1v) is 6.74. The number of benzene rings is 2. The summed E-state index contributed by atoms with van der Waals surface area (Å²) in [4.78, 5) is 0.401. The third-order valence-corrected chi connectivity index (χ3v) is 3.29. The summed E-state index contributed by atoms with van der Waals surface area (Å²) in [5.74, 6) is 0. The highest BCUT2D eigenvalue weighted by molar-refractivity contribution is 9.10. The zero-order valence-corrected chi connectivity index (χ0v) is 12.1. The van der Waals surface area contributed by atoms with Crippen LogP contribution in [0.4, 0.5) is 5.69 Å². The van der Waals surface area contributed by atoms with Crippen LogP contribution in [-0.4, -0.2) is 4.99 Å². The molecule has 0 saturated carbocycles. The molecule has 0 radical (unpaired) electrons. The number of hydrogen-bond donors (Lipinski definition) is 2. The van der Waals surface area contributed by atoms with Gasteiger partial charge in [-0.2, -0.15) is 0 Å². The van der Waals surface area contributed by atoms with Crippen molar-refractivity contribution in [3.8, 4) is 0 Å². The van der Waals surface area contributed by atoms with Crippen LogP contribution in [-0.2, 0) is 6.54 Å². The SMILES string of the molecule is NC(=S)c1ccc(Br)cc1NCc1ccccc1. The molecule has 0 aliphatic heterocycles. The molecule has 2 rings (SSSR count). The van der Waals surface area contributed by atoms with Crippen molar-refractivity contribution in [2.24, 2.45) is 5.73 Å². The standard InChI is InChI=1S/C14H13BrN2S/c15-11-6-7-12(14(16)18)13(8-11)17-9-10-4-2-1-3-5-10/h1-8,17H,9H2,(H2,16,18). The van der Waals surface area contributed by atoms with E-state index < -0.39 is 0 Å². The van der Waals surface area contributed by atoms with Gasteiger partial charge in [-0.05, 0) is 23.8 Å². The van der Waals surface area contributed by atoms with Gasteiger partial charge in [0.05, 0.1) is 0 Å². The molecule has 0 amide bonds. The molecular formula is C14H13BrN2S. The molecule has 0 aliphatic rings. The Kier molecular flexibility index (Phi) is 4.33. The smallest absolute Gasteiger partial charge is 0.106 e. The van der Waals surface area contributed by atoms with E-state index >= 15 is 0 Å². The molecule has 0 saturated heterocycles. The van der Waals surface area contributed by atoms with Crippen LogP contribution in [0.15, 0.2) is 53.0 Å². The molecule has 4 heteroatoms. The van der Waals surface area contributed by atoms with Crippen molar-refractivity contribution in [3.05, 3.63) is 64.1 Å². The second-order valence-electron chi connectivity index (χ2n) is 3.89. The Morgan fingerprint density at radius 1 is 1.17 bits per heavy atom. The predicted octanol–water partition coefficient (Wildman–Crippen LogP) is 3.70. The monoisotopic (exact) mass is 320 g/mol. The topological polar surface area (TPSA) is 38.0 Å². The Morgan fingerprint density at radius 3 is 2.56 bits per heavy atom. The highest BCUT2D eigenvalue weighted by atomic mass is 79.9. The molecule has 2 aromatic carbocycles. The summed E-state index contributed by atoms with van der Waals surface area (Å²) in [6.07, 6.45) is 0. The van der Waals surface area contributed by atoms with Gasteiger partial charge >= 0.3 is 0 Å². The molecule has 0 spiro atoms. The van der Waals surface area contributed by atoms with E-state index in [4.69, 9.17) is 18.0 Å². The number of halogens is 1. The zero-order chi connectivity index (χ0) is 13.0. The maximum absolute atomic E-state index is 5.71. The van der Waals surface area contributed by atoms with Gasteiger partial charge in [-0.3, -0.25) is 0 Å². The molecule has 92 valence electrons. The van der Waals surface area contributed by atoms with E-state index in [-0.39, 0.29) is 0 Å². The van der Waals surface area contributed by atoms with Crippen LogP contribution >= 0.6 is 28.1 Å². The van der Waals surface area contributed by atoms with E-state index in [1.54, 1.807) is 0 Å². The van der Waals surface area contributed by atoms with Crippen molar-refractivity contribution in [1.82, 2.24) is 0 Å². The van der Waals surface area contributed by atoms with Gasteiger partial charge in [-0.1, -0.05) is 58.5 Å². The fraction of sp³-hybridized carbons (Fsp3) is 0.0714. The largest absolute Gasteiger partial charge is 0.389 e. The number of rotatable bonds is 4. The summed E-state index contributed by atoms with van der Waals surface area (Å²) >= 11 is 8.49. The number of nitrogens with one attached hydrogen (secondary N) is 1. The summed E-state index contributed by atoms with van der Waals surface area (Å²) < 4.78 is 0.998. The van der Waals surface area contributed by atoms with Crippen LogP contribution in [0, 0.1) is 0 Å². The molecule has 0 aromatic heterocycles. The summed E-state index contributed by atoms with van der Waals surface area (Å²) in [5.41, 5.74) is 8.73. The van der Waals surface area contributed by atoms with E-state index in [0.717, 1.165) is 22.3 Å². The van der Waals surface area contributed by atoms with E-state index in [1.165, 1.54) is 5.56 Å². The van der Waals surface area contributed by atoms with Crippen LogP contribution in [0.3, 0.4) is 0 Å². The molecule has 2 aromatic rings. The first-order valence-electron chi connectivity index (χ1n) is 5.54. The van der Waals surface area contributed by atoms with E-state index in [9.17, 15) is 0 Å². The Hall–Kier alpha value is -1.39. The van der Waals surface area contributed by atoms with Crippen molar-refractivity contribution in [3.63, 3.8) is 0 Å². The Bertz CT molecular complexity index is 555. The second-order valence-corrected chi connectivity index (χ2v) is 5.25. The van der Waals surface area contributed by atoms with E-state index in [0.29, 0.717) is 4.99 Å². The summed E-state index contributed by atoms with van der Waals surface area (Å²) in [6, 6.07) is 16.0. The third-order valence-electron chi connectivity index (χ3n) is 2.57. The fourth-order valence-electron chi connectivity index (χ4n) is 1.67. The van der Waals surface area contributed by atoms with Gasteiger partial charge in [0.25, 0.3) is 0 Å². The van der Waals surface area contributed by atoms with Gasteiger partial charge in [0.1, 0.15) is 4.99 Å². The summed E-state index contributed by atoms with van der Waals surface area (Å²) in [5, 5.41) is 3.35. The minimum atomic E-state index is 0.401. The lowest BCUT2D eigenvalue weighted by Gasteiger charge is -2.11. The van der Waals surface area contributed by atoms with Crippen LogP contribution < -0.4 is 11.1 Å². The fourth-order valence-corrected chi connectivity index (χ4v) is 2.21. The number of thiocarbonyl (C=S) groups is 1. The lowest BCUT2D eigenvalue weighted by atomic mass is 10.1. The van der Waals surface area contributed by atoms with Crippen LogP contribution in [0.25, 0.3) is 0 Å². The van der Waals surface area contributed by atoms with E-state index in [2.05, 4.69) is 33.4 Å². The first-order chi connectivity index (χ1) is 8.66. The Labute approximate surface area is 120 Å². The molecular weight excluding hydrogens is 308 g/mol. The number of nitrogens with two attached hydrogens (primary N) is 1. The number of anilines is 1. The van der Waals surface area contributed by atoms with E-state index in [1.807, 2.05) is 36.4 Å². The van der Waals surface area contributed by atoms with Gasteiger partial charge < -0.3 is 11.1 Å². The minimum absolute atomic E-state index is 0.401. The average Bonchev–Trinajstić information content (AvgIpc) is 2.37. The van der Waals surface area contributed by atoms with Gasteiger partial charge in [-0.25, -0.2) is 0 Å². The van der Waals surface area contributed by atoms with Crippen LogP contribution in [0.5, 0.6) is 0 Å². The molecule has 0 unspecified atom stereocenters. The highest BCUT2D eigenvalue weighted by Crippen LogP contribution is 2.22. The Morgan fingerprint density at radius 2 is 1.89 bits per heavy atom. The zero-order valence-electron chi connectivity index (χ0n) is 9.69. The van der Waals surface area contributed by atoms with Crippen molar-refractivity contribution in [2.75, 3.05) is 5.32 Å². The lowest BCUT2D eigenvalue weighted by Crippen LogP contribution is -2.13. The van der Waals surface area contributed by atoms with Crippen molar-refractivity contribution >= 4 is 38.8 Å². The van der Waals surface area contributed by atoms with Crippen LogP contribution in [0.2, 0.25) is 0 Å². The maximum Gasteiger partial charge on any atom is 0.106 e. The molecule has 0 bridgehead atoms. The third kappa shape index (κ3) is 3.31. The molecule has 0 fully saturated rings. The molecule has 2 nitrogen and oxygen atoms in total. The summed E-state index contributed by atoms with van der Waals surface area (Å²) in [7, 11) is 0. The van der Waals surface area contributed by atoms with Gasteiger partial charge in [0.15, 0.2) is 0 Å². The normalized spacial score (nSPS) is 10.1. The molecule has 18 heavy (non-hydrogen) atoms. The van der Waals surface area contributed by atoms with Crippen molar-refractivity contribution < 1.29 is 0 Å². The first kappa shape index (κ1) is 13.1. The number of hydrogen-bond acceptors (Lipinski definition) is 2. The van der Waals surface area contributed by atoms with Gasteiger partial charge in [0.2, 0.25) is 0 Å². The molecule has 3 N–H and O–H groups in total. The summed E-state index contributed by atoms with van der Waals surface area (Å²) in [6.45, 7) is 0.743. The highest BCUT2D eigenvalue weighted by Gasteiger charge is 2.05. The van der Waals surface area contributed by atoms with Gasteiger partial charge in [-0.15, -0.1) is 0 Å². The van der Waals surface area contributed by atoms with Gasteiger partial charge in [0, 0.05) is 22.3 Å². The molecule has 0 aliphatic carbocycles. The maximum atomic E-state index is 5.71. The quantitative estimate of drug-likeness (QED) is 0.844. The Balaban J connectivity index is 2.18. The molecule has 0 atom stereocenters. The van der Waals surface area contributed by atoms with Crippen molar-refractivity contribution in [2.45, 2.75) is 6.54 Å². The second kappa shape index (κ2) is 5.98. The van der Waals surface area contributed by atoms with Crippen molar-refractivity contribution in [1.29, 1.82) is 0 Å². The minimum Gasteiger partial charge on any atom is -0.389 e. The lowest BCUT2D eigenvalue weighted by molar-refractivity contribution is 1.15. The molecule has 0 heterocycles. The average molecular weight is 321 g/mol. The van der Waals surface area contributed by atoms with Crippen LogP contribution in [0.1, 0.15) is 11.1 Å². The predicted molar refractivity (Wildman–Crippen MR) is 83.8 cm³/mol.